The normalized spacial score (nSPS) is 11.3. The molecule has 0 fully saturated rings. The van der Waals surface area contributed by atoms with Crippen molar-refractivity contribution in [3.8, 4) is 11.3 Å². The maximum Gasteiger partial charge on any atom is 0.134 e. The number of hydrogen-bond donors (Lipinski definition) is 2. The number of aryl methyl sites for hydroxylation is 1. The Balaban J connectivity index is 2.04. The van der Waals surface area contributed by atoms with Gasteiger partial charge in [-0.05, 0) is 20.0 Å². The molecule has 0 bridgehead atoms. The highest BCUT2D eigenvalue weighted by Gasteiger charge is 2.14. The van der Waals surface area contributed by atoms with Gasteiger partial charge in [-0.15, -0.1) is 0 Å². The van der Waals surface area contributed by atoms with E-state index in [1.54, 1.807) is 6.26 Å². The molecule has 0 unspecified atom stereocenters. The molecule has 4 heteroatoms. The minimum atomic E-state index is 0.896. The highest BCUT2D eigenvalue weighted by molar-refractivity contribution is 5.93. The zero-order valence-electron chi connectivity index (χ0n) is 11.2. The first-order valence-corrected chi connectivity index (χ1v) is 6.46. The topological polar surface area (TPSA) is 53.9 Å². The largest absolute Gasteiger partial charge is 0.464 e. The zero-order valence-corrected chi connectivity index (χ0v) is 11.2. The van der Waals surface area contributed by atoms with Crippen LogP contribution in [0.3, 0.4) is 0 Å². The molecule has 0 radical (unpaired) electrons. The number of rotatable bonds is 4. The van der Waals surface area contributed by atoms with Crippen molar-refractivity contribution in [2.45, 2.75) is 13.3 Å². The summed E-state index contributed by atoms with van der Waals surface area (Å²) in [6, 6.07) is 8.04. The van der Waals surface area contributed by atoms with E-state index in [1.807, 2.05) is 32.2 Å². The van der Waals surface area contributed by atoms with Gasteiger partial charge >= 0.3 is 0 Å². The molecular weight excluding hydrogens is 238 g/mol. The molecule has 0 amide bonds. The SMILES string of the molecule is CNCCc1nc(-c2coc3ccccc23)c(C)[nH]1. The monoisotopic (exact) mass is 255 g/mol. The van der Waals surface area contributed by atoms with Crippen LogP contribution in [0.2, 0.25) is 0 Å². The molecule has 3 aromatic rings. The predicted molar refractivity (Wildman–Crippen MR) is 76.2 cm³/mol. The first-order chi connectivity index (χ1) is 9.29. The number of hydrogen-bond acceptors (Lipinski definition) is 3. The van der Waals surface area contributed by atoms with Crippen LogP contribution in [0.1, 0.15) is 11.5 Å². The summed E-state index contributed by atoms with van der Waals surface area (Å²) >= 11 is 0. The molecule has 19 heavy (non-hydrogen) atoms. The Bertz CT molecular complexity index is 696. The maximum absolute atomic E-state index is 5.58. The second-order valence-electron chi connectivity index (χ2n) is 4.66. The third-order valence-electron chi connectivity index (χ3n) is 3.28. The van der Waals surface area contributed by atoms with E-state index >= 15 is 0 Å². The van der Waals surface area contributed by atoms with E-state index < -0.39 is 0 Å². The van der Waals surface area contributed by atoms with Crippen molar-refractivity contribution < 1.29 is 4.42 Å². The van der Waals surface area contributed by atoms with Crippen LogP contribution in [0.25, 0.3) is 22.2 Å². The van der Waals surface area contributed by atoms with Crippen LogP contribution in [-0.4, -0.2) is 23.6 Å². The van der Waals surface area contributed by atoms with E-state index in [1.165, 1.54) is 0 Å². The molecule has 0 aliphatic carbocycles. The molecule has 98 valence electrons. The number of para-hydroxylation sites is 1. The van der Waals surface area contributed by atoms with E-state index in [-0.39, 0.29) is 0 Å². The molecule has 0 atom stereocenters. The van der Waals surface area contributed by atoms with Crippen molar-refractivity contribution in [2.24, 2.45) is 0 Å². The molecule has 1 aromatic carbocycles. The highest BCUT2D eigenvalue weighted by Crippen LogP contribution is 2.31. The summed E-state index contributed by atoms with van der Waals surface area (Å²) < 4.78 is 5.58. The molecule has 2 aromatic heterocycles. The van der Waals surface area contributed by atoms with E-state index in [2.05, 4.69) is 21.4 Å². The van der Waals surface area contributed by atoms with Gasteiger partial charge in [-0.2, -0.15) is 0 Å². The van der Waals surface area contributed by atoms with Crippen LogP contribution >= 0.6 is 0 Å². The number of imidazole rings is 1. The third kappa shape index (κ3) is 2.15. The lowest BCUT2D eigenvalue weighted by Crippen LogP contribution is -2.11. The second-order valence-corrected chi connectivity index (χ2v) is 4.66. The number of benzene rings is 1. The van der Waals surface area contributed by atoms with E-state index in [9.17, 15) is 0 Å². The van der Waals surface area contributed by atoms with Crippen molar-refractivity contribution in [3.63, 3.8) is 0 Å². The van der Waals surface area contributed by atoms with E-state index in [0.717, 1.165) is 46.7 Å². The minimum absolute atomic E-state index is 0.896. The second kappa shape index (κ2) is 4.90. The number of likely N-dealkylation sites (N-methyl/N-ethyl adjacent to an activating group) is 1. The fourth-order valence-electron chi connectivity index (χ4n) is 2.31. The molecule has 0 aliphatic heterocycles. The van der Waals surface area contributed by atoms with Crippen molar-refractivity contribution in [1.29, 1.82) is 0 Å². The first kappa shape index (κ1) is 12.0. The molecular formula is C15H17N3O. The summed E-state index contributed by atoms with van der Waals surface area (Å²) in [5.74, 6) is 1.01. The Labute approximate surface area is 111 Å². The zero-order chi connectivity index (χ0) is 13.2. The van der Waals surface area contributed by atoms with Crippen molar-refractivity contribution in [1.82, 2.24) is 15.3 Å². The van der Waals surface area contributed by atoms with Gasteiger partial charge in [-0.1, -0.05) is 18.2 Å². The number of fused-ring (bicyclic) bond motifs is 1. The summed E-state index contributed by atoms with van der Waals surface area (Å²) in [4.78, 5) is 8.02. The first-order valence-electron chi connectivity index (χ1n) is 6.46. The molecule has 0 saturated heterocycles. The number of nitrogens with zero attached hydrogens (tertiary/aromatic N) is 1. The Morgan fingerprint density at radius 2 is 2.16 bits per heavy atom. The summed E-state index contributed by atoms with van der Waals surface area (Å²) in [6.45, 7) is 2.96. The van der Waals surface area contributed by atoms with Crippen molar-refractivity contribution in [2.75, 3.05) is 13.6 Å². The van der Waals surface area contributed by atoms with Crippen LogP contribution in [0.5, 0.6) is 0 Å². The van der Waals surface area contributed by atoms with Crippen LogP contribution in [0, 0.1) is 6.92 Å². The van der Waals surface area contributed by atoms with Gasteiger partial charge in [-0.3, -0.25) is 0 Å². The number of aromatic nitrogens is 2. The number of H-pyrrole nitrogens is 1. The van der Waals surface area contributed by atoms with Crippen molar-refractivity contribution in [3.05, 3.63) is 42.0 Å². The van der Waals surface area contributed by atoms with Crippen LogP contribution in [0.15, 0.2) is 34.9 Å². The lowest BCUT2D eigenvalue weighted by Gasteiger charge is -1.95. The number of nitrogens with one attached hydrogen (secondary N) is 2. The molecule has 4 nitrogen and oxygen atoms in total. The average Bonchev–Trinajstić information content (AvgIpc) is 2.99. The molecule has 3 rings (SSSR count). The standard InChI is InChI=1S/C15H17N3O/c1-10-15(18-14(17-10)7-8-16-2)12-9-19-13-6-4-3-5-11(12)13/h3-6,9,16H,7-8H2,1-2H3,(H,17,18). The quantitative estimate of drug-likeness (QED) is 0.753. The molecule has 2 N–H and O–H groups in total. The summed E-state index contributed by atoms with van der Waals surface area (Å²) in [7, 11) is 1.94. The lowest BCUT2D eigenvalue weighted by molar-refractivity contribution is 0.617. The molecule has 2 heterocycles. The van der Waals surface area contributed by atoms with E-state index in [0.29, 0.717) is 0 Å². The van der Waals surface area contributed by atoms with Gasteiger partial charge in [0, 0.05) is 29.6 Å². The maximum atomic E-state index is 5.58. The van der Waals surface area contributed by atoms with Gasteiger partial charge in [0.15, 0.2) is 0 Å². The van der Waals surface area contributed by atoms with E-state index in [4.69, 9.17) is 4.42 Å². The van der Waals surface area contributed by atoms with Gasteiger partial charge in [0.2, 0.25) is 0 Å². The third-order valence-corrected chi connectivity index (χ3v) is 3.28. The van der Waals surface area contributed by atoms with Gasteiger partial charge in [0.1, 0.15) is 17.7 Å². The van der Waals surface area contributed by atoms with Crippen LogP contribution in [-0.2, 0) is 6.42 Å². The van der Waals surface area contributed by atoms with Gasteiger partial charge in [-0.25, -0.2) is 4.98 Å². The minimum Gasteiger partial charge on any atom is -0.464 e. The molecule has 0 saturated carbocycles. The fraction of sp³-hybridized carbons (Fsp3) is 0.267. The number of aromatic amines is 1. The van der Waals surface area contributed by atoms with Crippen LogP contribution in [0.4, 0.5) is 0 Å². The molecule has 0 aliphatic rings. The highest BCUT2D eigenvalue weighted by atomic mass is 16.3. The predicted octanol–water partition coefficient (Wildman–Crippen LogP) is 2.89. The lowest BCUT2D eigenvalue weighted by atomic mass is 10.1. The van der Waals surface area contributed by atoms with Crippen LogP contribution < -0.4 is 5.32 Å². The Morgan fingerprint density at radius 1 is 1.32 bits per heavy atom. The average molecular weight is 255 g/mol. The molecule has 0 spiro atoms. The van der Waals surface area contributed by atoms with Crippen molar-refractivity contribution >= 4 is 11.0 Å². The van der Waals surface area contributed by atoms with Gasteiger partial charge in [0.05, 0.1) is 5.69 Å². The number of furan rings is 1. The summed E-state index contributed by atoms with van der Waals surface area (Å²) in [5.41, 5.74) is 4.02. The summed E-state index contributed by atoms with van der Waals surface area (Å²) in [6.07, 6.45) is 2.68. The Morgan fingerprint density at radius 3 is 3.00 bits per heavy atom. The van der Waals surface area contributed by atoms with Gasteiger partial charge in [0.25, 0.3) is 0 Å². The van der Waals surface area contributed by atoms with Gasteiger partial charge < -0.3 is 14.7 Å². The smallest absolute Gasteiger partial charge is 0.134 e. The Hall–Kier alpha value is -2.07. The Kier molecular flexibility index (Phi) is 3.09. The summed E-state index contributed by atoms with van der Waals surface area (Å²) in [5, 5.41) is 4.24. The fourth-order valence-corrected chi connectivity index (χ4v) is 2.31.